The Bertz CT molecular complexity index is 1100. The lowest BCUT2D eigenvalue weighted by molar-refractivity contribution is 0.576. The minimum Gasteiger partial charge on any atom is -0.211 e. The number of nitrogens with one attached hydrogen (secondary N) is 2. The van der Waals surface area contributed by atoms with E-state index in [1.54, 1.807) is 0 Å². The van der Waals surface area contributed by atoms with Crippen molar-refractivity contribution in [3.8, 4) is 0 Å². The van der Waals surface area contributed by atoms with E-state index >= 15 is 0 Å². The summed E-state index contributed by atoms with van der Waals surface area (Å²) in [4.78, 5) is -0.131. The average molecular weight is 473 g/mol. The predicted molar refractivity (Wildman–Crippen MR) is 126 cm³/mol. The van der Waals surface area contributed by atoms with Gasteiger partial charge in [-0.05, 0) is 55.0 Å². The number of aryl methyl sites for hydroxylation is 2. The van der Waals surface area contributed by atoms with Gasteiger partial charge in [-0.15, -0.1) is 0 Å². The normalized spacial score (nSPS) is 12.0. The molecule has 0 aromatic heterocycles. The van der Waals surface area contributed by atoms with Crippen molar-refractivity contribution in [1.29, 1.82) is 0 Å². The summed E-state index contributed by atoms with van der Waals surface area (Å²) in [7, 11) is -7.60. The third kappa shape index (κ3) is 7.27. The molecule has 0 bridgehead atoms. The van der Waals surface area contributed by atoms with E-state index in [9.17, 15) is 16.8 Å². The molecule has 0 aliphatic heterocycles. The fourth-order valence-corrected chi connectivity index (χ4v) is 5.58. The van der Waals surface area contributed by atoms with Gasteiger partial charge in [-0.25, -0.2) is 26.3 Å². The zero-order valence-corrected chi connectivity index (χ0v) is 19.4. The molecule has 32 heavy (non-hydrogen) atoms. The lowest BCUT2D eigenvalue weighted by Gasteiger charge is -2.10. The first-order valence-corrected chi connectivity index (χ1v) is 13.5. The number of hydrogen-bond donors (Lipinski definition) is 2. The monoisotopic (exact) mass is 472 g/mol. The minimum atomic E-state index is -3.80. The molecule has 0 aliphatic rings. The van der Waals surface area contributed by atoms with Crippen molar-refractivity contribution >= 4 is 20.0 Å². The molecule has 3 aromatic carbocycles. The van der Waals surface area contributed by atoms with Crippen molar-refractivity contribution in [2.75, 3.05) is 13.1 Å². The van der Waals surface area contributed by atoms with Crippen molar-refractivity contribution in [1.82, 2.24) is 9.44 Å². The topological polar surface area (TPSA) is 92.3 Å². The van der Waals surface area contributed by atoms with Crippen LogP contribution in [0, 0.1) is 0 Å². The zero-order valence-electron chi connectivity index (χ0n) is 17.8. The van der Waals surface area contributed by atoms with E-state index < -0.39 is 20.0 Å². The molecule has 0 heterocycles. The van der Waals surface area contributed by atoms with E-state index in [4.69, 9.17) is 0 Å². The Morgan fingerprint density at radius 3 is 1.34 bits per heavy atom. The van der Waals surface area contributed by atoms with Crippen LogP contribution in [0.4, 0.5) is 0 Å². The third-order valence-corrected chi connectivity index (χ3v) is 7.90. The molecule has 2 N–H and O–H groups in total. The molecular weight excluding hydrogens is 444 g/mol. The van der Waals surface area contributed by atoms with Gasteiger partial charge in [-0.2, -0.15) is 0 Å². The smallest absolute Gasteiger partial charge is 0.211 e. The van der Waals surface area contributed by atoms with E-state index in [2.05, 4.69) is 9.44 Å². The maximum atomic E-state index is 12.6. The summed E-state index contributed by atoms with van der Waals surface area (Å²) >= 11 is 0. The summed E-state index contributed by atoms with van der Waals surface area (Å²) in [6, 6.07) is 25.1. The number of hydrogen-bond acceptors (Lipinski definition) is 4. The standard InChI is InChI=1S/C24H28N2O4S2/c27-31(28,25-18-8-14-21-10-3-1-4-11-21)23-16-7-17-24(20-23)32(29,30)26-19-9-15-22-12-5-2-6-13-22/h1-7,10-13,16-17,20,25-26H,8-9,14-15,18-19H2. The van der Waals surface area contributed by atoms with Crippen LogP contribution in [0.25, 0.3) is 0 Å². The van der Waals surface area contributed by atoms with E-state index in [1.165, 1.54) is 24.3 Å². The molecule has 3 rings (SSSR count). The molecule has 0 aliphatic carbocycles. The van der Waals surface area contributed by atoms with Crippen LogP contribution in [-0.4, -0.2) is 29.9 Å². The summed E-state index contributed by atoms with van der Waals surface area (Å²) in [6.45, 7) is 0.540. The summed E-state index contributed by atoms with van der Waals surface area (Å²) < 4.78 is 55.6. The highest BCUT2D eigenvalue weighted by atomic mass is 32.2. The molecule has 0 saturated heterocycles. The van der Waals surface area contributed by atoms with Gasteiger partial charge in [-0.1, -0.05) is 66.7 Å². The predicted octanol–water partition coefficient (Wildman–Crippen LogP) is 3.51. The Hall–Kier alpha value is -2.52. The Balaban J connectivity index is 1.54. The van der Waals surface area contributed by atoms with Crippen LogP contribution in [0.2, 0.25) is 0 Å². The molecule has 0 unspecified atom stereocenters. The molecule has 0 saturated carbocycles. The highest BCUT2D eigenvalue weighted by Gasteiger charge is 2.19. The van der Waals surface area contributed by atoms with Crippen LogP contribution >= 0.6 is 0 Å². The summed E-state index contributed by atoms with van der Waals surface area (Å²) in [6.07, 6.45) is 2.80. The van der Waals surface area contributed by atoms with Gasteiger partial charge in [0.1, 0.15) is 0 Å². The Morgan fingerprint density at radius 2 is 0.938 bits per heavy atom. The van der Waals surface area contributed by atoms with Crippen LogP contribution in [-0.2, 0) is 32.9 Å². The molecule has 0 fully saturated rings. The number of rotatable bonds is 12. The van der Waals surface area contributed by atoms with Crippen molar-refractivity contribution < 1.29 is 16.8 Å². The van der Waals surface area contributed by atoms with E-state index in [1.807, 2.05) is 60.7 Å². The van der Waals surface area contributed by atoms with Crippen molar-refractivity contribution in [2.45, 2.75) is 35.5 Å². The van der Waals surface area contributed by atoms with Crippen LogP contribution in [0.1, 0.15) is 24.0 Å². The van der Waals surface area contributed by atoms with Gasteiger partial charge in [0.15, 0.2) is 0 Å². The first-order chi connectivity index (χ1) is 15.4. The summed E-state index contributed by atoms with van der Waals surface area (Å²) in [5.41, 5.74) is 2.27. The third-order valence-electron chi connectivity index (χ3n) is 4.98. The first-order valence-electron chi connectivity index (χ1n) is 10.5. The number of benzene rings is 3. The highest BCUT2D eigenvalue weighted by Crippen LogP contribution is 2.16. The van der Waals surface area contributed by atoms with Gasteiger partial charge in [-0.3, -0.25) is 0 Å². The maximum Gasteiger partial charge on any atom is 0.240 e. The molecule has 6 nitrogen and oxygen atoms in total. The Labute approximate surface area is 190 Å². The van der Waals surface area contributed by atoms with Crippen molar-refractivity contribution in [2.24, 2.45) is 0 Å². The Kier molecular flexibility index (Phi) is 8.58. The van der Waals surface area contributed by atoms with E-state index in [0.29, 0.717) is 12.8 Å². The van der Waals surface area contributed by atoms with Crippen LogP contribution in [0.5, 0.6) is 0 Å². The molecular formula is C24H28N2O4S2. The van der Waals surface area contributed by atoms with Crippen LogP contribution in [0.3, 0.4) is 0 Å². The lowest BCUT2D eigenvalue weighted by Crippen LogP contribution is -2.27. The maximum absolute atomic E-state index is 12.6. The quantitative estimate of drug-likeness (QED) is 0.395. The molecule has 3 aromatic rings. The fraction of sp³-hybridized carbons (Fsp3) is 0.250. The second-order valence-corrected chi connectivity index (χ2v) is 11.0. The molecule has 170 valence electrons. The van der Waals surface area contributed by atoms with Crippen molar-refractivity contribution in [3.63, 3.8) is 0 Å². The minimum absolute atomic E-state index is 0.0654. The van der Waals surface area contributed by atoms with Crippen molar-refractivity contribution in [3.05, 3.63) is 96.1 Å². The second kappa shape index (κ2) is 11.4. The van der Waals surface area contributed by atoms with Gasteiger partial charge in [0.2, 0.25) is 20.0 Å². The van der Waals surface area contributed by atoms with Gasteiger partial charge >= 0.3 is 0 Å². The molecule has 0 radical (unpaired) electrons. The highest BCUT2D eigenvalue weighted by molar-refractivity contribution is 7.90. The van der Waals surface area contributed by atoms with E-state index in [0.717, 1.165) is 24.0 Å². The Morgan fingerprint density at radius 1 is 0.531 bits per heavy atom. The largest absolute Gasteiger partial charge is 0.240 e. The lowest BCUT2D eigenvalue weighted by atomic mass is 10.1. The van der Waals surface area contributed by atoms with Gasteiger partial charge in [0.05, 0.1) is 9.79 Å². The molecule has 0 atom stereocenters. The zero-order chi connectivity index (χ0) is 22.9. The molecule has 0 amide bonds. The summed E-state index contributed by atoms with van der Waals surface area (Å²) in [5.74, 6) is 0. The van der Waals surface area contributed by atoms with Crippen LogP contribution in [0.15, 0.2) is 94.7 Å². The second-order valence-electron chi connectivity index (χ2n) is 7.45. The average Bonchev–Trinajstić information content (AvgIpc) is 2.81. The SMILES string of the molecule is O=S(=O)(NCCCc1ccccc1)c1cccc(S(=O)(=O)NCCCc2ccccc2)c1. The molecule has 8 heteroatoms. The van der Waals surface area contributed by atoms with Crippen LogP contribution < -0.4 is 9.44 Å². The van der Waals surface area contributed by atoms with Gasteiger partial charge in [0.25, 0.3) is 0 Å². The number of sulfonamides is 2. The van der Waals surface area contributed by atoms with Gasteiger partial charge in [0, 0.05) is 13.1 Å². The molecule has 0 spiro atoms. The first kappa shape index (κ1) is 24.1. The van der Waals surface area contributed by atoms with E-state index in [-0.39, 0.29) is 22.9 Å². The summed E-state index contributed by atoms with van der Waals surface area (Å²) in [5, 5.41) is 0. The van der Waals surface area contributed by atoms with Gasteiger partial charge < -0.3 is 0 Å². The fourth-order valence-electron chi connectivity index (χ4n) is 3.26.